The van der Waals surface area contributed by atoms with Gasteiger partial charge in [0.1, 0.15) is 11.9 Å². The topological polar surface area (TPSA) is 43.4 Å². The Morgan fingerprint density at radius 3 is 2.33 bits per heavy atom. The van der Waals surface area contributed by atoms with Gasteiger partial charge in [-0.25, -0.2) is 0 Å². The van der Waals surface area contributed by atoms with Gasteiger partial charge in [0.15, 0.2) is 0 Å². The third-order valence-electron chi connectivity index (χ3n) is 11.0. The summed E-state index contributed by atoms with van der Waals surface area (Å²) < 4.78 is 5.61. The molecule has 0 spiro atoms. The van der Waals surface area contributed by atoms with Gasteiger partial charge in [0, 0.05) is 12.8 Å². The van der Waals surface area contributed by atoms with Gasteiger partial charge in [-0.2, -0.15) is 0 Å². The van der Waals surface area contributed by atoms with E-state index >= 15 is 0 Å². The summed E-state index contributed by atoms with van der Waals surface area (Å²) in [6.07, 6.45) is 11.9. The molecule has 4 saturated carbocycles. The van der Waals surface area contributed by atoms with E-state index in [0.717, 1.165) is 37.0 Å². The van der Waals surface area contributed by atoms with Gasteiger partial charge in [-0.3, -0.25) is 9.59 Å². The second kappa shape index (κ2) is 9.58. The number of rotatable bonds is 6. The molecule has 0 aromatic carbocycles. The van der Waals surface area contributed by atoms with E-state index in [4.69, 9.17) is 4.74 Å². The van der Waals surface area contributed by atoms with Crippen LogP contribution in [0.3, 0.4) is 0 Å². The lowest BCUT2D eigenvalue weighted by Crippen LogP contribution is -2.61. The minimum atomic E-state index is -0.192. The van der Waals surface area contributed by atoms with Crippen LogP contribution in [0.15, 0.2) is 0 Å². The maximum atomic E-state index is 13.9. The van der Waals surface area contributed by atoms with Crippen molar-refractivity contribution >= 4 is 27.7 Å². The number of Topliss-reactive ketones (excluding diaryl/α,β-unsaturated/α-hetero) is 1. The van der Waals surface area contributed by atoms with Crippen LogP contribution >= 0.6 is 15.9 Å². The van der Waals surface area contributed by atoms with Crippen LogP contribution in [0, 0.1) is 52.3 Å². The number of alkyl halides is 1. The number of ketones is 1. The highest BCUT2D eigenvalue weighted by Gasteiger charge is 2.65. The summed E-state index contributed by atoms with van der Waals surface area (Å²) in [6, 6.07) is 0. The molecule has 188 valence electrons. The summed E-state index contributed by atoms with van der Waals surface area (Å²) in [6.45, 7) is 13.7. The molecule has 4 fully saturated rings. The summed E-state index contributed by atoms with van der Waals surface area (Å²) >= 11 is 3.90. The van der Waals surface area contributed by atoms with E-state index in [-0.39, 0.29) is 34.2 Å². The maximum Gasteiger partial charge on any atom is 0.302 e. The van der Waals surface area contributed by atoms with Gasteiger partial charge >= 0.3 is 5.97 Å². The van der Waals surface area contributed by atoms with E-state index < -0.39 is 0 Å². The second-order valence-electron chi connectivity index (χ2n) is 13.2. The van der Waals surface area contributed by atoms with E-state index in [2.05, 4.69) is 50.5 Å². The molecular weight excluding hydrogens is 476 g/mol. The highest BCUT2D eigenvalue weighted by Crippen LogP contribution is 2.68. The number of hydrogen-bond acceptors (Lipinski definition) is 3. The molecule has 0 aliphatic heterocycles. The molecule has 4 rings (SSSR count). The van der Waals surface area contributed by atoms with Crippen molar-refractivity contribution in [3.8, 4) is 0 Å². The fourth-order valence-electron chi connectivity index (χ4n) is 9.27. The fraction of sp³-hybridized carbons (Fsp3) is 0.931. The first kappa shape index (κ1) is 25.7. The first-order valence-corrected chi connectivity index (χ1v) is 14.8. The molecule has 4 aliphatic carbocycles. The molecule has 0 saturated heterocycles. The molecule has 0 bridgehead atoms. The minimum Gasteiger partial charge on any atom is -0.463 e. The molecule has 0 amide bonds. The van der Waals surface area contributed by atoms with Crippen molar-refractivity contribution in [3.63, 3.8) is 0 Å². The van der Waals surface area contributed by atoms with Crippen molar-refractivity contribution in [2.45, 2.75) is 117 Å². The average Bonchev–Trinajstić information content (AvgIpc) is 3.09. The summed E-state index contributed by atoms with van der Waals surface area (Å²) in [7, 11) is 0. The average molecular weight is 524 g/mol. The van der Waals surface area contributed by atoms with Crippen LogP contribution in [0.5, 0.6) is 0 Å². The molecule has 0 aromatic heterocycles. The largest absolute Gasteiger partial charge is 0.463 e. The number of carbonyl (C=O) groups excluding carboxylic acids is 2. The minimum absolute atomic E-state index is 0.0265. The predicted molar refractivity (Wildman–Crippen MR) is 137 cm³/mol. The Labute approximate surface area is 210 Å². The third kappa shape index (κ3) is 4.49. The number of halogens is 1. The highest BCUT2D eigenvalue weighted by molar-refractivity contribution is 9.10. The second-order valence-corrected chi connectivity index (χ2v) is 14.2. The van der Waals surface area contributed by atoms with E-state index in [1.807, 2.05) is 0 Å². The van der Waals surface area contributed by atoms with Crippen molar-refractivity contribution < 1.29 is 14.3 Å². The molecule has 0 aromatic rings. The molecule has 4 aliphatic rings. The van der Waals surface area contributed by atoms with Crippen LogP contribution in [0.2, 0.25) is 0 Å². The van der Waals surface area contributed by atoms with Gasteiger partial charge in [0.05, 0.1) is 4.83 Å². The van der Waals surface area contributed by atoms with Crippen LogP contribution in [-0.2, 0) is 14.3 Å². The Morgan fingerprint density at radius 1 is 1.00 bits per heavy atom. The zero-order chi connectivity index (χ0) is 24.1. The van der Waals surface area contributed by atoms with Crippen molar-refractivity contribution in [2.24, 2.45) is 52.3 Å². The van der Waals surface area contributed by atoms with E-state index in [1.54, 1.807) is 0 Å². The van der Waals surface area contributed by atoms with E-state index in [1.165, 1.54) is 51.9 Å². The van der Waals surface area contributed by atoms with Gasteiger partial charge in [-0.1, -0.05) is 69.8 Å². The number of ether oxygens (including phenoxy) is 1. The molecule has 3 nitrogen and oxygen atoms in total. The SMILES string of the molecule is CC(=O)OC1CCC2(C)C3CCC4(C)C(CCC4[C@H](C)CCCC(C)C)C3C(=O)[C@H](Br)[C@H]2C1. The Kier molecular flexibility index (Phi) is 7.46. The van der Waals surface area contributed by atoms with Crippen LogP contribution in [0.25, 0.3) is 0 Å². The van der Waals surface area contributed by atoms with Gasteiger partial charge in [0.2, 0.25) is 0 Å². The fourth-order valence-corrected chi connectivity index (χ4v) is 10.4. The molecule has 0 N–H and O–H groups in total. The number of fused-ring (bicyclic) bond motifs is 5. The molecular formula is C29H47BrO3. The van der Waals surface area contributed by atoms with Crippen LogP contribution in [-0.4, -0.2) is 22.7 Å². The van der Waals surface area contributed by atoms with Gasteiger partial charge in [0.25, 0.3) is 0 Å². The summed E-state index contributed by atoms with van der Waals surface area (Å²) in [5, 5.41) is 0. The Balaban J connectivity index is 1.53. The zero-order valence-electron chi connectivity index (χ0n) is 21.9. The normalized spacial score (nSPS) is 45.8. The van der Waals surface area contributed by atoms with Gasteiger partial charge < -0.3 is 4.74 Å². The zero-order valence-corrected chi connectivity index (χ0v) is 23.5. The quantitative estimate of drug-likeness (QED) is 0.266. The standard InChI is InChI=1S/C29H47BrO3/c1-17(2)8-7-9-18(3)21-10-11-22-25-23(13-15-28(21,22)5)29(6)14-12-20(33-19(4)31)16-24(29)26(30)27(25)32/h17-18,20-26H,7-16H2,1-6H3/t18-,20?,21?,22?,23?,24-,25?,26-,28?,29?/m1/s1. The smallest absolute Gasteiger partial charge is 0.302 e. The van der Waals surface area contributed by atoms with Crippen molar-refractivity contribution in [2.75, 3.05) is 0 Å². The monoisotopic (exact) mass is 522 g/mol. The Morgan fingerprint density at radius 2 is 1.67 bits per heavy atom. The maximum absolute atomic E-state index is 13.9. The lowest BCUT2D eigenvalue weighted by atomic mass is 9.44. The summed E-state index contributed by atoms with van der Waals surface area (Å²) in [5.74, 6) is 4.13. The Hall–Kier alpha value is -0.380. The van der Waals surface area contributed by atoms with Gasteiger partial charge in [-0.15, -0.1) is 0 Å². The van der Waals surface area contributed by atoms with E-state index in [0.29, 0.717) is 23.0 Å². The van der Waals surface area contributed by atoms with E-state index in [9.17, 15) is 9.59 Å². The van der Waals surface area contributed by atoms with Crippen molar-refractivity contribution in [1.82, 2.24) is 0 Å². The van der Waals surface area contributed by atoms with Crippen LogP contribution in [0.4, 0.5) is 0 Å². The van der Waals surface area contributed by atoms with Crippen LogP contribution < -0.4 is 0 Å². The number of hydrogen-bond donors (Lipinski definition) is 0. The van der Waals surface area contributed by atoms with Crippen LogP contribution in [0.1, 0.15) is 106 Å². The van der Waals surface area contributed by atoms with Gasteiger partial charge in [-0.05, 0) is 91.3 Å². The molecule has 7 unspecified atom stereocenters. The first-order valence-electron chi connectivity index (χ1n) is 13.8. The lowest BCUT2D eigenvalue weighted by Gasteiger charge is -2.61. The highest BCUT2D eigenvalue weighted by atomic mass is 79.9. The third-order valence-corrected chi connectivity index (χ3v) is 12.1. The summed E-state index contributed by atoms with van der Waals surface area (Å²) in [5.41, 5.74) is 0.491. The predicted octanol–water partition coefficient (Wildman–Crippen LogP) is 7.59. The Bertz CT molecular complexity index is 749. The van der Waals surface area contributed by atoms with Crippen molar-refractivity contribution in [3.05, 3.63) is 0 Å². The molecule has 4 heteroatoms. The molecule has 0 heterocycles. The molecule has 33 heavy (non-hydrogen) atoms. The summed E-state index contributed by atoms with van der Waals surface area (Å²) in [4.78, 5) is 25.4. The first-order chi connectivity index (χ1) is 15.5. The number of esters is 1. The molecule has 10 atom stereocenters. The molecule has 0 radical (unpaired) electrons. The number of carbonyl (C=O) groups is 2. The van der Waals surface area contributed by atoms with Crippen molar-refractivity contribution in [1.29, 1.82) is 0 Å². The lowest BCUT2D eigenvalue weighted by molar-refractivity contribution is -0.166.